The van der Waals surface area contributed by atoms with Gasteiger partial charge in [-0.2, -0.15) is 0 Å². The summed E-state index contributed by atoms with van der Waals surface area (Å²) in [5, 5.41) is 0. The maximum Gasteiger partial charge on any atom is 0.241 e. The Bertz CT molecular complexity index is 708. The van der Waals surface area contributed by atoms with Crippen LogP contribution in [-0.4, -0.2) is 8.42 Å². The third kappa shape index (κ3) is 3.08. The van der Waals surface area contributed by atoms with E-state index in [1.54, 1.807) is 25.1 Å². The summed E-state index contributed by atoms with van der Waals surface area (Å²) in [5.41, 5.74) is 2.81. The molecule has 0 aliphatic heterocycles. The van der Waals surface area contributed by atoms with Gasteiger partial charge in [0.15, 0.2) is 0 Å². The summed E-state index contributed by atoms with van der Waals surface area (Å²) in [4.78, 5) is 0.334. The average molecular weight is 289 g/mol. The first-order valence-corrected chi connectivity index (χ1v) is 8.03. The van der Waals surface area contributed by atoms with Gasteiger partial charge in [0, 0.05) is 6.04 Å². The number of sulfonamides is 1. The maximum absolute atomic E-state index is 12.4. The van der Waals surface area contributed by atoms with Gasteiger partial charge in [0.25, 0.3) is 0 Å². The van der Waals surface area contributed by atoms with Gasteiger partial charge in [0.2, 0.25) is 10.0 Å². The van der Waals surface area contributed by atoms with Crippen molar-refractivity contribution in [1.29, 1.82) is 0 Å². The van der Waals surface area contributed by atoms with Crippen molar-refractivity contribution < 1.29 is 8.42 Å². The van der Waals surface area contributed by atoms with Crippen LogP contribution in [-0.2, 0) is 10.0 Å². The summed E-state index contributed by atoms with van der Waals surface area (Å²) in [6, 6.07) is 14.5. The van der Waals surface area contributed by atoms with Gasteiger partial charge in [-0.25, -0.2) is 13.1 Å². The largest absolute Gasteiger partial charge is 0.241 e. The lowest BCUT2D eigenvalue weighted by atomic mass is 10.0. The number of benzene rings is 2. The van der Waals surface area contributed by atoms with Crippen LogP contribution < -0.4 is 4.72 Å². The lowest BCUT2D eigenvalue weighted by Crippen LogP contribution is -2.27. The molecule has 0 aromatic heterocycles. The Morgan fingerprint density at radius 3 is 2.05 bits per heavy atom. The number of nitrogens with one attached hydrogen (secondary N) is 1. The Hall–Kier alpha value is -1.65. The van der Waals surface area contributed by atoms with Crippen LogP contribution in [0.1, 0.15) is 29.7 Å². The molecule has 0 heterocycles. The molecule has 3 nitrogen and oxygen atoms in total. The first-order valence-electron chi connectivity index (χ1n) is 6.55. The van der Waals surface area contributed by atoms with E-state index < -0.39 is 10.0 Å². The van der Waals surface area contributed by atoms with Crippen molar-refractivity contribution in [3.63, 3.8) is 0 Å². The molecule has 0 aliphatic rings. The molecule has 0 aliphatic carbocycles. The summed E-state index contributed by atoms with van der Waals surface area (Å²) >= 11 is 0. The van der Waals surface area contributed by atoms with Crippen LogP contribution in [0.25, 0.3) is 0 Å². The fourth-order valence-electron chi connectivity index (χ4n) is 2.29. The van der Waals surface area contributed by atoms with E-state index in [0.29, 0.717) is 4.90 Å². The zero-order chi connectivity index (χ0) is 14.8. The van der Waals surface area contributed by atoms with Crippen molar-refractivity contribution in [2.24, 2.45) is 0 Å². The Morgan fingerprint density at radius 1 is 0.900 bits per heavy atom. The normalized spacial score (nSPS) is 13.2. The number of aryl methyl sites for hydroxylation is 2. The standard InChI is InChI=1S/C16H19NO2S/c1-12-8-4-6-10-15(12)14(3)17-20(18,19)16-11-7-5-9-13(16)2/h4-11,14,17H,1-3H3. The quantitative estimate of drug-likeness (QED) is 0.938. The molecule has 4 heteroatoms. The van der Waals surface area contributed by atoms with Crippen LogP contribution in [0.5, 0.6) is 0 Å². The van der Waals surface area contributed by atoms with Crippen LogP contribution in [0.2, 0.25) is 0 Å². The van der Waals surface area contributed by atoms with Crippen molar-refractivity contribution in [3.05, 3.63) is 65.2 Å². The number of hydrogen-bond donors (Lipinski definition) is 1. The first-order chi connectivity index (χ1) is 9.42. The molecular weight excluding hydrogens is 270 g/mol. The Balaban J connectivity index is 2.30. The molecule has 1 unspecified atom stereocenters. The molecule has 1 N–H and O–H groups in total. The predicted octanol–water partition coefficient (Wildman–Crippen LogP) is 3.34. The fourth-order valence-corrected chi connectivity index (χ4v) is 3.76. The molecule has 2 rings (SSSR count). The van der Waals surface area contributed by atoms with E-state index in [0.717, 1.165) is 16.7 Å². The molecule has 0 fully saturated rings. The van der Waals surface area contributed by atoms with Gasteiger partial charge in [-0.1, -0.05) is 42.5 Å². The van der Waals surface area contributed by atoms with Crippen molar-refractivity contribution >= 4 is 10.0 Å². The van der Waals surface area contributed by atoms with E-state index in [-0.39, 0.29) is 6.04 Å². The fraction of sp³-hybridized carbons (Fsp3) is 0.250. The van der Waals surface area contributed by atoms with Gasteiger partial charge in [-0.05, 0) is 43.5 Å². The summed E-state index contributed by atoms with van der Waals surface area (Å²) in [6.45, 7) is 5.64. The van der Waals surface area contributed by atoms with Gasteiger partial charge in [-0.15, -0.1) is 0 Å². The Labute approximate surface area is 120 Å². The second-order valence-corrected chi connectivity index (χ2v) is 6.65. The Kier molecular flexibility index (Phi) is 4.26. The van der Waals surface area contributed by atoms with Crippen LogP contribution in [0.4, 0.5) is 0 Å². The van der Waals surface area contributed by atoms with Crippen molar-refractivity contribution in [1.82, 2.24) is 4.72 Å². The van der Waals surface area contributed by atoms with Gasteiger partial charge < -0.3 is 0 Å². The summed E-state index contributed by atoms with van der Waals surface area (Å²) in [6.07, 6.45) is 0. The zero-order valence-corrected chi connectivity index (χ0v) is 12.7. The molecule has 0 radical (unpaired) electrons. The third-order valence-corrected chi connectivity index (χ3v) is 5.07. The minimum Gasteiger partial charge on any atom is -0.207 e. The topological polar surface area (TPSA) is 46.2 Å². The Morgan fingerprint density at radius 2 is 1.45 bits per heavy atom. The lowest BCUT2D eigenvalue weighted by molar-refractivity contribution is 0.566. The molecule has 1 atom stereocenters. The van der Waals surface area contributed by atoms with Crippen LogP contribution >= 0.6 is 0 Å². The first kappa shape index (κ1) is 14.8. The zero-order valence-electron chi connectivity index (χ0n) is 11.9. The average Bonchev–Trinajstić information content (AvgIpc) is 2.38. The van der Waals surface area contributed by atoms with Gasteiger partial charge in [0.1, 0.15) is 0 Å². The third-order valence-electron chi connectivity index (χ3n) is 3.37. The van der Waals surface area contributed by atoms with E-state index >= 15 is 0 Å². The number of hydrogen-bond acceptors (Lipinski definition) is 2. The summed E-state index contributed by atoms with van der Waals surface area (Å²) in [5.74, 6) is 0. The van der Waals surface area contributed by atoms with Crippen LogP contribution in [0.15, 0.2) is 53.4 Å². The highest BCUT2D eigenvalue weighted by Gasteiger charge is 2.20. The van der Waals surface area contributed by atoms with E-state index in [9.17, 15) is 8.42 Å². The van der Waals surface area contributed by atoms with Gasteiger partial charge in [0.05, 0.1) is 4.90 Å². The van der Waals surface area contributed by atoms with Crippen molar-refractivity contribution in [3.8, 4) is 0 Å². The van der Waals surface area contributed by atoms with Crippen molar-refractivity contribution in [2.45, 2.75) is 31.7 Å². The highest BCUT2D eigenvalue weighted by molar-refractivity contribution is 7.89. The minimum atomic E-state index is -3.51. The highest BCUT2D eigenvalue weighted by atomic mass is 32.2. The molecule has 106 valence electrons. The predicted molar refractivity (Wildman–Crippen MR) is 81.1 cm³/mol. The molecule has 20 heavy (non-hydrogen) atoms. The van der Waals surface area contributed by atoms with Crippen LogP contribution in [0, 0.1) is 13.8 Å². The molecule has 0 spiro atoms. The van der Waals surface area contributed by atoms with E-state index in [2.05, 4.69) is 4.72 Å². The molecule has 0 saturated heterocycles. The molecule has 0 bridgehead atoms. The molecule has 2 aromatic carbocycles. The van der Waals surface area contributed by atoms with Gasteiger partial charge in [-0.3, -0.25) is 0 Å². The smallest absolute Gasteiger partial charge is 0.207 e. The van der Waals surface area contributed by atoms with Gasteiger partial charge >= 0.3 is 0 Å². The van der Waals surface area contributed by atoms with Crippen LogP contribution in [0.3, 0.4) is 0 Å². The van der Waals surface area contributed by atoms with E-state index in [1.807, 2.05) is 44.2 Å². The minimum absolute atomic E-state index is 0.263. The molecule has 2 aromatic rings. The maximum atomic E-state index is 12.4. The van der Waals surface area contributed by atoms with E-state index in [1.165, 1.54) is 0 Å². The number of rotatable bonds is 4. The monoisotopic (exact) mass is 289 g/mol. The highest BCUT2D eigenvalue weighted by Crippen LogP contribution is 2.21. The SMILES string of the molecule is Cc1ccccc1C(C)NS(=O)(=O)c1ccccc1C. The lowest BCUT2D eigenvalue weighted by Gasteiger charge is -2.17. The molecule has 0 saturated carbocycles. The second kappa shape index (κ2) is 5.77. The summed E-state index contributed by atoms with van der Waals surface area (Å²) < 4.78 is 27.6. The second-order valence-electron chi connectivity index (χ2n) is 4.97. The molecule has 0 amide bonds. The van der Waals surface area contributed by atoms with Crippen molar-refractivity contribution in [2.75, 3.05) is 0 Å². The van der Waals surface area contributed by atoms with E-state index in [4.69, 9.17) is 0 Å². The molecular formula is C16H19NO2S. The summed E-state index contributed by atoms with van der Waals surface area (Å²) in [7, 11) is -3.51.